The zero-order valence-electron chi connectivity index (χ0n) is 15.9. The number of carbonyl (C=O) groups is 2. The molecule has 0 spiro atoms. The normalized spacial score (nSPS) is 10.4. The van der Waals surface area contributed by atoms with Gasteiger partial charge in [-0.15, -0.1) is 0 Å². The Morgan fingerprint density at radius 3 is 2.54 bits per heavy atom. The lowest BCUT2D eigenvalue weighted by atomic mass is 10.1. The van der Waals surface area contributed by atoms with Gasteiger partial charge < -0.3 is 19.9 Å². The van der Waals surface area contributed by atoms with E-state index in [9.17, 15) is 9.59 Å². The molecule has 0 aliphatic rings. The Kier molecular flexibility index (Phi) is 5.74. The molecule has 1 heterocycles. The Morgan fingerprint density at radius 2 is 1.82 bits per heavy atom. The van der Waals surface area contributed by atoms with Gasteiger partial charge in [-0.2, -0.15) is 0 Å². The molecule has 0 saturated carbocycles. The fourth-order valence-corrected chi connectivity index (χ4v) is 2.68. The molecule has 0 radical (unpaired) electrons. The highest BCUT2D eigenvalue weighted by atomic mass is 16.5. The Bertz CT molecular complexity index is 996. The number of nitrogens with one attached hydrogen (secondary N) is 2. The number of carbonyl (C=O) groups excluding carboxylic acids is 2. The molecule has 3 aromatic rings. The number of rotatable bonds is 5. The van der Waals surface area contributed by atoms with Gasteiger partial charge in [-0.25, -0.2) is 0 Å². The maximum atomic E-state index is 12.2. The lowest BCUT2D eigenvalue weighted by molar-refractivity contribution is -0.136. The number of anilines is 1. The second kappa shape index (κ2) is 8.39. The molecule has 28 heavy (non-hydrogen) atoms. The first kappa shape index (κ1) is 19.2. The number of ether oxygens (including phenoxy) is 1. The van der Waals surface area contributed by atoms with Crippen LogP contribution in [0.1, 0.15) is 16.8 Å². The molecule has 2 N–H and O–H groups in total. The third-order valence-electron chi connectivity index (χ3n) is 4.37. The van der Waals surface area contributed by atoms with Crippen LogP contribution in [0.4, 0.5) is 5.69 Å². The van der Waals surface area contributed by atoms with Gasteiger partial charge in [-0.1, -0.05) is 41.6 Å². The van der Waals surface area contributed by atoms with Gasteiger partial charge in [-0.05, 0) is 25.5 Å². The Hall–Kier alpha value is -3.61. The minimum atomic E-state index is -0.763. The lowest BCUT2D eigenvalue weighted by Gasteiger charge is -2.10. The first-order valence-corrected chi connectivity index (χ1v) is 8.74. The molecule has 0 saturated heterocycles. The molecule has 3 rings (SSSR count). The minimum absolute atomic E-state index is 0.0888. The molecule has 0 bridgehead atoms. The van der Waals surface area contributed by atoms with Crippen molar-refractivity contribution in [2.45, 2.75) is 20.4 Å². The van der Waals surface area contributed by atoms with Gasteiger partial charge >= 0.3 is 11.8 Å². The van der Waals surface area contributed by atoms with Gasteiger partial charge in [0, 0.05) is 22.9 Å². The summed E-state index contributed by atoms with van der Waals surface area (Å²) in [5, 5.41) is 9.17. The number of methoxy groups -OCH3 is 1. The van der Waals surface area contributed by atoms with E-state index < -0.39 is 11.8 Å². The first-order chi connectivity index (χ1) is 13.5. The van der Waals surface area contributed by atoms with Crippen LogP contribution in [-0.2, 0) is 16.1 Å². The topological polar surface area (TPSA) is 93.5 Å². The molecule has 7 nitrogen and oxygen atoms in total. The molecule has 144 valence electrons. The van der Waals surface area contributed by atoms with Crippen LogP contribution < -0.4 is 15.4 Å². The summed E-state index contributed by atoms with van der Waals surface area (Å²) in [5.41, 5.74) is 3.62. The summed E-state index contributed by atoms with van der Waals surface area (Å²) >= 11 is 0. The van der Waals surface area contributed by atoms with Crippen LogP contribution >= 0.6 is 0 Å². The molecule has 1 aromatic heterocycles. The van der Waals surface area contributed by atoms with E-state index >= 15 is 0 Å². The zero-order valence-corrected chi connectivity index (χ0v) is 15.9. The van der Waals surface area contributed by atoms with Crippen LogP contribution in [-0.4, -0.2) is 24.1 Å². The van der Waals surface area contributed by atoms with Gasteiger partial charge in [0.15, 0.2) is 5.76 Å². The average molecular weight is 379 g/mol. The van der Waals surface area contributed by atoms with Crippen LogP contribution in [0.25, 0.3) is 11.3 Å². The molecule has 0 aliphatic carbocycles. The van der Waals surface area contributed by atoms with Crippen molar-refractivity contribution in [2.75, 3.05) is 12.4 Å². The lowest BCUT2D eigenvalue weighted by Crippen LogP contribution is -2.35. The third kappa shape index (κ3) is 4.20. The van der Waals surface area contributed by atoms with E-state index in [4.69, 9.17) is 9.26 Å². The molecule has 0 aliphatic heterocycles. The van der Waals surface area contributed by atoms with Gasteiger partial charge in [0.2, 0.25) is 0 Å². The Labute approximate surface area is 162 Å². The minimum Gasteiger partial charge on any atom is -0.497 e. The number of nitrogens with zero attached hydrogens (tertiary/aromatic N) is 1. The molecule has 7 heteroatoms. The summed E-state index contributed by atoms with van der Waals surface area (Å²) < 4.78 is 10.5. The van der Waals surface area contributed by atoms with Crippen LogP contribution in [0.2, 0.25) is 0 Å². The summed E-state index contributed by atoms with van der Waals surface area (Å²) in [6, 6.07) is 14.8. The largest absolute Gasteiger partial charge is 0.497 e. The molecular formula is C21H21N3O4. The van der Waals surface area contributed by atoms with Crippen molar-refractivity contribution in [3.63, 3.8) is 0 Å². The highest BCUT2D eigenvalue weighted by Crippen LogP contribution is 2.25. The number of aryl methyl sites for hydroxylation is 1. The second-order valence-electron chi connectivity index (χ2n) is 6.27. The SMILES string of the molecule is COc1ccc(C)c(NC(=O)C(=O)NCc2noc(-c3ccccc3)c2C)c1. The van der Waals surface area contributed by atoms with E-state index in [0.29, 0.717) is 22.9 Å². The number of benzene rings is 2. The average Bonchev–Trinajstić information content (AvgIpc) is 3.08. The molecule has 2 amide bonds. The van der Waals surface area contributed by atoms with Crippen LogP contribution in [0, 0.1) is 13.8 Å². The molecule has 0 atom stereocenters. The zero-order chi connectivity index (χ0) is 20.1. The van der Waals surface area contributed by atoms with Crippen molar-refractivity contribution >= 4 is 17.5 Å². The highest BCUT2D eigenvalue weighted by molar-refractivity contribution is 6.39. The summed E-state index contributed by atoms with van der Waals surface area (Å²) in [6.07, 6.45) is 0. The smallest absolute Gasteiger partial charge is 0.313 e. The van der Waals surface area contributed by atoms with E-state index in [2.05, 4.69) is 15.8 Å². The van der Waals surface area contributed by atoms with Crippen LogP contribution in [0.15, 0.2) is 53.1 Å². The summed E-state index contributed by atoms with van der Waals surface area (Å²) in [5.74, 6) is -0.291. The maximum Gasteiger partial charge on any atom is 0.313 e. The van der Waals surface area contributed by atoms with Crippen LogP contribution in [0.5, 0.6) is 5.75 Å². The van der Waals surface area contributed by atoms with Crippen molar-refractivity contribution < 1.29 is 18.8 Å². The van der Waals surface area contributed by atoms with Crippen molar-refractivity contribution in [1.29, 1.82) is 0 Å². The number of aromatic nitrogens is 1. The van der Waals surface area contributed by atoms with Crippen molar-refractivity contribution in [3.05, 3.63) is 65.4 Å². The fourth-order valence-electron chi connectivity index (χ4n) is 2.68. The number of hydrogen-bond acceptors (Lipinski definition) is 5. The van der Waals surface area contributed by atoms with E-state index in [0.717, 1.165) is 16.7 Å². The predicted octanol–water partition coefficient (Wildman–Crippen LogP) is 3.22. The van der Waals surface area contributed by atoms with E-state index in [-0.39, 0.29) is 6.54 Å². The van der Waals surface area contributed by atoms with E-state index in [1.807, 2.05) is 44.2 Å². The Morgan fingerprint density at radius 1 is 1.07 bits per heavy atom. The van der Waals surface area contributed by atoms with Gasteiger partial charge in [-0.3, -0.25) is 9.59 Å². The molecule has 2 aromatic carbocycles. The monoisotopic (exact) mass is 379 g/mol. The van der Waals surface area contributed by atoms with Gasteiger partial charge in [0.25, 0.3) is 0 Å². The number of hydrogen-bond donors (Lipinski definition) is 2. The second-order valence-corrected chi connectivity index (χ2v) is 6.27. The molecule has 0 fully saturated rings. The fraction of sp³-hybridized carbons (Fsp3) is 0.190. The standard InChI is InChI=1S/C21H21N3O4/c1-13-9-10-16(27-3)11-17(13)23-21(26)20(25)22-12-18-14(2)19(28-24-18)15-7-5-4-6-8-15/h4-11H,12H2,1-3H3,(H,22,25)(H,23,26). The van der Waals surface area contributed by atoms with Gasteiger partial charge in [0.05, 0.1) is 13.7 Å². The summed E-state index contributed by atoms with van der Waals surface area (Å²) in [4.78, 5) is 24.4. The molecular weight excluding hydrogens is 358 g/mol. The van der Waals surface area contributed by atoms with Crippen molar-refractivity contribution in [3.8, 4) is 17.1 Å². The first-order valence-electron chi connectivity index (χ1n) is 8.74. The van der Waals surface area contributed by atoms with Gasteiger partial charge in [0.1, 0.15) is 11.4 Å². The highest BCUT2D eigenvalue weighted by Gasteiger charge is 2.18. The summed E-state index contributed by atoms with van der Waals surface area (Å²) in [7, 11) is 1.53. The maximum absolute atomic E-state index is 12.2. The van der Waals surface area contributed by atoms with Crippen molar-refractivity contribution in [1.82, 2.24) is 10.5 Å². The third-order valence-corrected chi connectivity index (χ3v) is 4.37. The Balaban J connectivity index is 1.63. The predicted molar refractivity (Wildman–Crippen MR) is 105 cm³/mol. The van der Waals surface area contributed by atoms with E-state index in [1.54, 1.807) is 18.2 Å². The quantitative estimate of drug-likeness (QED) is 0.664. The number of amides is 2. The summed E-state index contributed by atoms with van der Waals surface area (Å²) in [6.45, 7) is 3.78. The van der Waals surface area contributed by atoms with Crippen molar-refractivity contribution in [2.24, 2.45) is 0 Å². The molecule has 0 unspecified atom stereocenters. The van der Waals surface area contributed by atoms with Crippen LogP contribution in [0.3, 0.4) is 0 Å². The van der Waals surface area contributed by atoms with E-state index in [1.165, 1.54) is 7.11 Å².